The molecule has 2 rings (SSSR count). The molecule has 0 aliphatic carbocycles. The molecule has 112 valence electrons. The quantitative estimate of drug-likeness (QED) is 0.861. The SMILES string of the molecule is CNC(CCCC1CCCO1)c1c(F)cc(F)cc1F. The third kappa shape index (κ3) is 3.73. The summed E-state index contributed by atoms with van der Waals surface area (Å²) in [5.74, 6) is -2.56. The first-order chi connectivity index (χ1) is 9.61. The van der Waals surface area contributed by atoms with Crippen molar-refractivity contribution in [1.82, 2.24) is 5.32 Å². The van der Waals surface area contributed by atoms with Crippen molar-refractivity contribution in [2.24, 2.45) is 0 Å². The minimum Gasteiger partial charge on any atom is -0.378 e. The zero-order valence-corrected chi connectivity index (χ0v) is 11.6. The van der Waals surface area contributed by atoms with Crippen LogP contribution in [0.4, 0.5) is 13.2 Å². The van der Waals surface area contributed by atoms with Crippen molar-refractivity contribution in [2.45, 2.75) is 44.2 Å². The number of hydrogen-bond donors (Lipinski definition) is 1. The molecule has 1 aromatic carbocycles. The summed E-state index contributed by atoms with van der Waals surface area (Å²) in [4.78, 5) is 0. The van der Waals surface area contributed by atoms with Crippen molar-refractivity contribution in [3.63, 3.8) is 0 Å². The summed E-state index contributed by atoms with van der Waals surface area (Å²) >= 11 is 0. The van der Waals surface area contributed by atoms with Gasteiger partial charge in [-0.15, -0.1) is 0 Å². The molecule has 0 saturated carbocycles. The van der Waals surface area contributed by atoms with E-state index in [-0.39, 0.29) is 11.7 Å². The molecule has 1 aliphatic heterocycles. The molecule has 1 fully saturated rings. The van der Waals surface area contributed by atoms with E-state index >= 15 is 0 Å². The fourth-order valence-corrected chi connectivity index (χ4v) is 2.74. The fourth-order valence-electron chi connectivity index (χ4n) is 2.74. The van der Waals surface area contributed by atoms with Gasteiger partial charge in [0.15, 0.2) is 0 Å². The Kier molecular flexibility index (Phi) is 5.43. The first kappa shape index (κ1) is 15.3. The first-order valence-electron chi connectivity index (χ1n) is 7.05. The highest BCUT2D eigenvalue weighted by molar-refractivity contribution is 5.24. The van der Waals surface area contributed by atoms with Gasteiger partial charge in [-0.3, -0.25) is 0 Å². The van der Waals surface area contributed by atoms with Gasteiger partial charge in [-0.2, -0.15) is 0 Å². The van der Waals surface area contributed by atoms with E-state index in [0.29, 0.717) is 6.42 Å². The van der Waals surface area contributed by atoms with Gasteiger partial charge in [0, 0.05) is 30.3 Å². The van der Waals surface area contributed by atoms with E-state index in [9.17, 15) is 13.2 Å². The number of hydrogen-bond acceptors (Lipinski definition) is 2. The van der Waals surface area contributed by atoms with Crippen molar-refractivity contribution in [1.29, 1.82) is 0 Å². The fraction of sp³-hybridized carbons (Fsp3) is 0.600. The van der Waals surface area contributed by atoms with E-state index < -0.39 is 23.5 Å². The van der Waals surface area contributed by atoms with Crippen molar-refractivity contribution < 1.29 is 17.9 Å². The lowest BCUT2D eigenvalue weighted by molar-refractivity contribution is 0.101. The maximum absolute atomic E-state index is 13.7. The van der Waals surface area contributed by atoms with Crippen LogP contribution in [0.1, 0.15) is 43.7 Å². The highest BCUT2D eigenvalue weighted by atomic mass is 19.1. The van der Waals surface area contributed by atoms with E-state index in [2.05, 4.69) is 5.32 Å². The first-order valence-corrected chi connectivity index (χ1v) is 7.05. The minimum atomic E-state index is -0.891. The Bertz CT molecular complexity index is 424. The van der Waals surface area contributed by atoms with Crippen LogP contribution in [0.25, 0.3) is 0 Å². The molecule has 0 amide bonds. The lowest BCUT2D eigenvalue weighted by Crippen LogP contribution is -2.20. The predicted molar refractivity (Wildman–Crippen MR) is 70.9 cm³/mol. The Hall–Kier alpha value is -1.07. The molecule has 0 bridgehead atoms. The van der Waals surface area contributed by atoms with Crippen LogP contribution in [0.3, 0.4) is 0 Å². The van der Waals surface area contributed by atoms with E-state index in [0.717, 1.165) is 44.4 Å². The Morgan fingerprint density at radius 3 is 2.55 bits per heavy atom. The number of benzene rings is 1. The van der Waals surface area contributed by atoms with E-state index in [1.165, 1.54) is 0 Å². The highest BCUT2D eigenvalue weighted by Crippen LogP contribution is 2.27. The third-order valence-electron chi connectivity index (χ3n) is 3.78. The monoisotopic (exact) mass is 287 g/mol. The highest BCUT2D eigenvalue weighted by Gasteiger charge is 2.21. The van der Waals surface area contributed by atoms with Gasteiger partial charge in [0.05, 0.1) is 6.10 Å². The molecule has 2 atom stereocenters. The summed E-state index contributed by atoms with van der Waals surface area (Å²) in [6.45, 7) is 0.807. The largest absolute Gasteiger partial charge is 0.378 e. The van der Waals surface area contributed by atoms with E-state index in [4.69, 9.17) is 4.74 Å². The number of nitrogens with one attached hydrogen (secondary N) is 1. The van der Waals surface area contributed by atoms with Gasteiger partial charge in [0.2, 0.25) is 0 Å². The van der Waals surface area contributed by atoms with Gasteiger partial charge in [-0.05, 0) is 39.2 Å². The van der Waals surface area contributed by atoms with Crippen LogP contribution in [-0.2, 0) is 4.74 Å². The van der Waals surface area contributed by atoms with Crippen LogP contribution in [0.5, 0.6) is 0 Å². The second-order valence-electron chi connectivity index (χ2n) is 5.19. The zero-order chi connectivity index (χ0) is 14.5. The van der Waals surface area contributed by atoms with Crippen molar-refractivity contribution in [3.8, 4) is 0 Å². The molecule has 5 heteroatoms. The molecule has 2 nitrogen and oxygen atoms in total. The second kappa shape index (κ2) is 7.09. The Morgan fingerprint density at radius 1 is 1.30 bits per heavy atom. The zero-order valence-electron chi connectivity index (χ0n) is 11.6. The summed E-state index contributed by atoms with van der Waals surface area (Å²) in [6.07, 6.45) is 4.71. The lowest BCUT2D eigenvalue weighted by atomic mass is 9.98. The molecule has 1 saturated heterocycles. The summed E-state index contributed by atoms with van der Waals surface area (Å²) in [6, 6.07) is 1.00. The molecular formula is C15H20F3NO. The van der Waals surface area contributed by atoms with Gasteiger partial charge in [-0.25, -0.2) is 13.2 Å². The van der Waals surface area contributed by atoms with Crippen LogP contribution in [-0.4, -0.2) is 19.8 Å². The van der Waals surface area contributed by atoms with Crippen LogP contribution in [0.2, 0.25) is 0 Å². The maximum Gasteiger partial charge on any atom is 0.133 e. The summed E-state index contributed by atoms with van der Waals surface area (Å²) < 4.78 is 45.9. The topological polar surface area (TPSA) is 21.3 Å². The normalized spacial score (nSPS) is 20.3. The molecule has 0 radical (unpaired) electrons. The number of ether oxygens (including phenoxy) is 1. The van der Waals surface area contributed by atoms with Crippen LogP contribution in [0, 0.1) is 17.5 Å². The van der Waals surface area contributed by atoms with Gasteiger partial charge < -0.3 is 10.1 Å². The summed E-state index contributed by atoms with van der Waals surface area (Å²) in [5, 5.41) is 2.90. The average molecular weight is 287 g/mol. The molecule has 1 aromatic rings. The van der Waals surface area contributed by atoms with Gasteiger partial charge in [-0.1, -0.05) is 0 Å². The van der Waals surface area contributed by atoms with Crippen LogP contribution >= 0.6 is 0 Å². The Morgan fingerprint density at radius 2 is 2.00 bits per heavy atom. The standard InChI is InChI=1S/C15H20F3NO/c1-19-14(6-2-4-11-5-3-7-20-11)15-12(17)8-10(16)9-13(15)18/h8-9,11,14,19H,2-7H2,1H3. The Labute approximate surface area is 117 Å². The molecule has 0 spiro atoms. The average Bonchev–Trinajstić information content (AvgIpc) is 2.88. The van der Waals surface area contributed by atoms with E-state index in [1.807, 2.05) is 0 Å². The van der Waals surface area contributed by atoms with Crippen molar-refractivity contribution in [2.75, 3.05) is 13.7 Å². The van der Waals surface area contributed by atoms with E-state index in [1.54, 1.807) is 7.05 Å². The molecular weight excluding hydrogens is 267 g/mol. The van der Waals surface area contributed by atoms with Gasteiger partial charge >= 0.3 is 0 Å². The molecule has 1 aliphatic rings. The minimum absolute atomic E-state index is 0.0822. The van der Waals surface area contributed by atoms with Gasteiger partial charge in [0.1, 0.15) is 17.5 Å². The number of rotatable bonds is 6. The van der Waals surface area contributed by atoms with Crippen LogP contribution < -0.4 is 5.32 Å². The van der Waals surface area contributed by atoms with Crippen molar-refractivity contribution in [3.05, 3.63) is 35.1 Å². The molecule has 20 heavy (non-hydrogen) atoms. The lowest BCUT2D eigenvalue weighted by Gasteiger charge is -2.19. The van der Waals surface area contributed by atoms with Crippen LogP contribution in [0.15, 0.2) is 12.1 Å². The molecule has 0 aromatic heterocycles. The van der Waals surface area contributed by atoms with Crippen molar-refractivity contribution >= 4 is 0 Å². The molecule has 2 unspecified atom stereocenters. The summed E-state index contributed by atoms with van der Waals surface area (Å²) in [5.41, 5.74) is -0.0822. The number of halogens is 3. The van der Waals surface area contributed by atoms with Gasteiger partial charge in [0.25, 0.3) is 0 Å². The smallest absolute Gasteiger partial charge is 0.133 e. The third-order valence-corrected chi connectivity index (χ3v) is 3.78. The molecule has 1 heterocycles. The molecule has 1 N–H and O–H groups in total. The Balaban J connectivity index is 1.97. The maximum atomic E-state index is 13.7. The second-order valence-corrected chi connectivity index (χ2v) is 5.19. The summed E-state index contributed by atoms with van der Waals surface area (Å²) in [7, 11) is 1.65. The predicted octanol–water partition coefficient (Wildman–Crippen LogP) is 3.71.